The Labute approximate surface area is 98.1 Å². The van der Waals surface area contributed by atoms with Gasteiger partial charge in [-0.15, -0.1) is 0 Å². The van der Waals surface area contributed by atoms with Crippen molar-refractivity contribution < 1.29 is 14.7 Å². The summed E-state index contributed by atoms with van der Waals surface area (Å²) in [5, 5.41) is 11.6. The molecule has 6 heteroatoms. The fourth-order valence-corrected chi connectivity index (χ4v) is 1.92. The lowest BCUT2D eigenvalue weighted by atomic mass is 10.2. The van der Waals surface area contributed by atoms with E-state index >= 15 is 0 Å². The lowest BCUT2D eigenvalue weighted by molar-refractivity contribution is 0.0683. The topological polar surface area (TPSA) is 92.2 Å². The molecule has 1 saturated carbocycles. The summed E-state index contributed by atoms with van der Waals surface area (Å²) in [6, 6.07) is 1.60. The van der Waals surface area contributed by atoms with Crippen LogP contribution in [0.1, 0.15) is 46.8 Å². The number of carboxylic acids is 1. The summed E-state index contributed by atoms with van der Waals surface area (Å²) in [7, 11) is 0. The van der Waals surface area contributed by atoms with Crippen LogP contribution in [0, 0.1) is 0 Å². The number of amides is 1. The van der Waals surface area contributed by atoms with Crippen molar-refractivity contribution >= 4 is 11.9 Å². The Morgan fingerprint density at radius 1 is 1.35 bits per heavy atom. The summed E-state index contributed by atoms with van der Waals surface area (Å²) in [4.78, 5) is 29.7. The number of carbonyl (C=O) groups is 2. The molecule has 2 N–H and O–H groups in total. The third-order valence-electron chi connectivity index (χ3n) is 2.77. The van der Waals surface area contributed by atoms with E-state index < -0.39 is 5.97 Å². The molecular formula is C11H13N3O3. The monoisotopic (exact) mass is 235 g/mol. The van der Waals surface area contributed by atoms with Crippen molar-refractivity contribution in [2.75, 3.05) is 0 Å². The van der Waals surface area contributed by atoms with Crippen molar-refractivity contribution in [1.29, 1.82) is 0 Å². The summed E-state index contributed by atoms with van der Waals surface area (Å²) in [5.74, 6) is -1.92. The average Bonchev–Trinajstić information content (AvgIpc) is 2.82. The van der Waals surface area contributed by atoms with Gasteiger partial charge in [0, 0.05) is 12.2 Å². The maximum Gasteiger partial charge on any atom is 0.373 e. The van der Waals surface area contributed by atoms with Gasteiger partial charge in [0.25, 0.3) is 5.91 Å². The van der Waals surface area contributed by atoms with Crippen LogP contribution in [0.3, 0.4) is 0 Å². The summed E-state index contributed by atoms with van der Waals surface area (Å²) in [5.41, 5.74) is 0.101. The minimum Gasteiger partial charge on any atom is -0.475 e. The maximum atomic E-state index is 11.8. The fraction of sp³-hybridized carbons (Fsp3) is 0.455. The minimum absolute atomic E-state index is 0.101. The Balaban J connectivity index is 2.07. The fourth-order valence-electron chi connectivity index (χ4n) is 1.92. The van der Waals surface area contributed by atoms with E-state index in [1.54, 1.807) is 0 Å². The average molecular weight is 235 g/mol. The van der Waals surface area contributed by atoms with Crippen molar-refractivity contribution in [2.45, 2.75) is 31.7 Å². The van der Waals surface area contributed by atoms with Gasteiger partial charge in [0.05, 0.1) is 0 Å². The van der Waals surface area contributed by atoms with Gasteiger partial charge < -0.3 is 10.4 Å². The van der Waals surface area contributed by atoms with E-state index in [9.17, 15) is 9.59 Å². The predicted octanol–water partition coefficient (Wildman–Crippen LogP) is 0.847. The first kappa shape index (κ1) is 11.5. The van der Waals surface area contributed by atoms with Crippen molar-refractivity contribution in [3.8, 4) is 0 Å². The van der Waals surface area contributed by atoms with Crippen molar-refractivity contribution in [3.63, 3.8) is 0 Å². The van der Waals surface area contributed by atoms with E-state index in [0.717, 1.165) is 25.7 Å². The van der Waals surface area contributed by atoms with Gasteiger partial charge in [0.2, 0.25) is 5.82 Å². The molecule has 1 fully saturated rings. The first-order valence-electron chi connectivity index (χ1n) is 5.54. The molecule has 1 aromatic rings. The predicted molar refractivity (Wildman–Crippen MR) is 58.7 cm³/mol. The molecule has 6 nitrogen and oxygen atoms in total. The van der Waals surface area contributed by atoms with Gasteiger partial charge in [-0.1, -0.05) is 12.8 Å². The normalized spacial score (nSPS) is 15.8. The zero-order chi connectivity index (χ0) is 12.3. The Hall–Kier alpha value is -1.98. The number of nitrogens with one attached hydrogen (secondary N) is 1. The quantitative estimate of drug-likeness (QED) is 0.810. The number of aromatic carboxylic acids is 1. The number of aromatic nitrogens is 2. The number of hydrogen-bond donors (Lipinski definition) is 2. The lowest BCUT2D eigenvalue weighted by Gasteiger charge is -2.11. The van der Waals surface area contributed by atoms with Crippen molar-refractivity contribution in [2.24, 2.45) is 0 Å². The van der Waals surface area contributed by atoms with E-state index in [2.05, 4.69) is 15.3 Å². The second kappa shape index (κ2) is 4.90. The zero-order valence-electron chi connectivity index (χ0n) is 9.22. The molecule has 0 aromatic carbocycles. The molecule has 1 amide bonds. The molecular weight excluding hydrogens is 222 g/mol. The van der Waals surface area contributed by atoms with E-state index in [1.807, 2.05) is 0 Å². The van der Waals surface area contributed by atoms with Gasteiger partial charge >= 0.3 is 5.97 Å². The number of rotatable bonds is 3. The lowest BCUT2D eigenvalue weighted by Crippen LogP contribution is -2.33. The molecule has 17 heavy (non-hydrogen) atoms. The van der Waals surface area contributed by atoms with Crippen LogP contribution in [-0.2, 0) is 0 Å². The molecule has 0 aliphatic heterocycles. The second-order valence-corrected chi connectivity index (χ2v) is 4.03. The largest absolute Gasteiger partial charge is 0.475 e. The highest BCUT2D eigenvalue weighted by Crippen LogP contribution is 2.17. The first-order valence-corrected chi connectivity index (χ1v) is 5.54. The minimum atomic E-state index is -1.24. The third-order valence-corrected chi connectivity index (χ3v) is 2.77. The summed E-state index contributed by atoms with van der Waals surface area (Å²) in [6.45, 7) is 0. The van der Waals surface area contributed by atoms with Gasteiger partial charge in [-0.05, 0) is 18.9 Å². The molecule has 0 atom stereocenters. The number of carboxylic acid groups (broad SMARTS) is 1. The number of nitrogens with zero attached hydrogens (tertiary/aromatic N) is 2. The van der Waals surface area contributed by atoms with Gasteiger partial charge in [-0.2, -0.15) is 0 Å². The van der Waals surface area contributed by atoms with E-state index in [-0.39, 0.29) is 23.5 Å². The SMILES string of the molecule is O=C(NC1CCCC1)c1ccnc(C(=O)O)n1. The Morgan fingerprint density at radius 2 is 2.06 bits per heavy atom. The van der Waals surface area contributed by atoms with E-state index in [4.69, 9.17) is 5.11 Å². The molecule has 0 unspecified atom stereocenters. The maximum absolute atomic E-state index is 11.8. The highest BCUT2D eigenvalue weighted by Gasteiger charge is 2.19. The van der Waals surface area contributed by atoms with Crippen LogP contribution in [0.15, 0.2) is 12.3 Å². The van der Waals surface area contributed by atoms with Crippen LogP contribution < -0.4 is 5.32 Å². The van der Waals surface area contributed by atoms with Gasteiger partial charge in [0.15, 0.2) is 0 Å². The summed E-state index contributed by atoms with van der Waals surface area (Å²) >= 11 is 0. The Bertz CT molecular complexity index is 441. The number of carbonyl (C=O) groups excluding carboxylic acids is 1. The van der Waals surface area contributed by atoms with Crippen LogP contribution in [0.2, 0.25) is 0 Å². The van der Waals surface area contributed by atoms with Gasteiger partial charge in [-0.3, -0.25) is 4.79 Å². The Kier molecular flexibility index (Phi) is 3.32. The molecule has 1 aromatic heterocycles. The second-order valence-electron chi connectivity index (χ2n) is 4.03. The van der Waals surface area contributed by atoms with E-state index in [1.165, 1.54) is 12.3 Å². The Morgan fingerprint density at radius 3 is 2.71 bits per heavy atom. The molecule has 1 aliphatic carbocycles. The van der Waals surface area contributed by atoms with Crippen LogP contribution in [0.25, 0.3) is 0 Å². The molecule has 0 radical (unpaired) electrons. The van der Waals surface area contributed by atoms with Gasteiger partial charge in [0.1, 0.15) is 5.69 Å². The molecule has 1 aliphatic rings. The molecule has 0 bridgehead atoms. The van der Waals surface area contributed by atoms with Crippen molar-refractivity contribution in [3.05, 3.63) is 23.8 Å². The highest BCUT2D eigenvalue weighted by atomic mass is 16.4. The van der Waals surface area contributed by atoms with Crippen LogP contribution in [-0.4, -0.2) is 33.0 Å². The van der Waals surface area contributed by atoms with Crippen LogP contribution >= 0.6 is 0 Å². The molecule has 1 heterocycles. The van der Waals surface area contributed by atoms with Crippen LogP contribution in [0.5, 0.6) is 0 Å². The van der Waals surface area contributed by atoms with Crippen molar-refractivity contribution in [1.82, 2.24) is 15.3 Å². The molecule has 0 spiro atoms. The molecule has 0 saturated heterocycles. The zero-order valence-corrected chi connectivity index (χ0v) is 9.22. The number of hydrogen-bond acceptors (Lipinski definition) is 4. The smallest absolute Gasteiger partial charge is 0.373 e. The standard InChI is InChI=1S/C11H13N3O3/c15-10(13-7-3-1-2-4-7)8-5-6-12-9(14-8)11(16)17/h5-7H,1-4H2,(H,13,15)(H,16,17). The highest BCUT2D eigenvalue weighted by molar-refractivity contribution is 5.93. The van der Waals surface area contributed by atoms with Crippen LogP contribution in [0.4, 0.5) is 0 Å². The van der Waals surface area contributed by atoms with Gasteiger partial charge in [-0.25, -0.2) is 14.8 Å². The third kappa shape index (κ3) is 2.77. The van der Waals surface area contributed by atoms with E-state index in [0.29, 0.717) is 0 Å². The summed E-state index contributed by atoms with van der Waals surface area (Å²) < 4.78 is 0. The molecule has 2 rings (SSSR count). The summed E-state index contributed by atoms with van der Waals surface area (Å²) in [6.07, 6.45) is 5.47. The first-order chi connectivity index (χ1) is 8.16. The molecule has 90 valence electrons.